The molecule has 2 aliphatic rings. The molecule has 4 amide bonds. The summed E-state index contributed by atoms with van der Waals surface area (Å²) in [6, 6.07) is 4.78. The minimum absolute atomic E-state index is 0.141. The van der Waals surface area contributed by atoms with Crippen LogP contribution in [0.15, 0.2) is 18.2 Å². The Hall–Kier alpha value is -2.90. The van der Waals surface area contributed by atoms with Gasteiger partial charge in [0.05, 0.1) is 11.1 Å². The van der Waals surface area contributed by atoms with Gasteiger partial charge in [-0.15, -0.1) is 0 Å². The zero-order valence-corrected chi connectivity index (χ0v) is 20.3. The first-order valence-corrected chi connectivity index (χ1v) is 11.8. The third kappa shape index (κ3) is 5.72. The number of piperidine rings is 1. The molecule has 3 rings (SSSR count). The maximum atomic E-state index is 13.2. The summed E-state index contributed by atoms with van der Waals surface area (Å²) in [5.41, 5.74) is 0.523. The number of likely N-dealkylation sites (tertiary alicyclic amines) is 1. The number of carbonyl (C=O) groups excluding carboxylic acids is 4. The zero-order chi connectivity index (χ0) is 24.3. The van der Waals surface area contributed by atoms with E-state index >= 15 is 0 Å². The first kappa shape index (κ1) is 24.7. The van der Waals surface area contributed by atoms with Crippen molar-refractivity contribution in [1.82, 2.24) is 14.7 Å². The average molecular weight is 458 g/mol. The summed E-state index contributed by atoms with van der Waals surface area (Å²) in [5.74, 6) is -0.628. The van der Waals surface area contributed by atoms with E-state index in [0.29, 0.717) is 42.9 Å². The number of amides is 4. The van der Waals surface area contributed by atoms with Crippen LogP contribution in [0.5, 0.6) is 0 Å². The Morgan fingerprint density at radius 2 is 1.85 bits per heavy atom. The molecule has 0 aromatic heterocycles. The molecule has 0 radical (unpaired) electrons. The van der Waals surface area contributed by atoms with Crippen LogP contribution in [0.1, 0.15) is 84.5 Å². The molecule has 0 aliphatic carbocycles. The van der Waals surface area contributed by atoms with Crippen molar-refractivity contribution < 1.29 is 23.9 Å². The summed E-state index contributed by atoms with van der Waals surface area (Å²) in [6.45, 7) is 9.54. The van der Waals surface area contributed by atoms with E-state index in [1.54, 1.807) is 35.0 Å². The van der Waals surface area contributed by atoms with Gasteiger partial charge in [0.1, 0.15) is 5.60 Å². The summed E-state index contributed by atoms with van der Waals surface area (Å²) in [6.07, 6.45) is 3.02. The van der Waals surface area contributed by atoms with Gasteiger partial charge in [0.2, 0.25) is 0 Å². The van der Waals surface area contributed by atoms with E-state index in [-0.39, 0.29) is 29.7 Å². The molecular weight excluding hydrogens is 422 g/mol. The first-order valence-electron chi connectivity index (χ1n) is 11.8. The van der Waals surface area contributed by atoms with Gasteiger partial charge in [-0.2, -0.15) is 0 Å². The molecule has 0 N–H and O–H groups in total. The average Bonchev–Trinajstić information content (AvgIpc) is 3.00. The molecule has 0 spiro atoms. The van der Waals surface area contributed by atoms with E-state index in [9.17, 15) is 19.2 Å². The minimum Gasteiger partial charge on any atom is -0.444 e. The number of hydrogen-bond donors (Lipinski definition) is 0. The lowest BCUT2D eigenvalue weighted by atomic mass is 9.96. The summed E-state index contributed by atoms with van der Waals surface area (Å²) in [4.78, 5) is 55.4. The second kappa shape index (κ2) is 9.93. The SMILES string of the molecule is CCCCN1C(=O)c2ccc(C(=O)N3CCCC(CN(C)C(=O)OC(C)(C)C)C3)cc2C1=O. The maximum absolute atomic E-state index is 13.2. The van der Waals surface area contributed by atoms with Crippen molar-refractivity contribution in [1.29, 1.82) is 0 Å². The fourth-order valence-electron chi connectivity index (χ4n) is 4.33. The van der Waals surface area contributed by atoms with Gasteiger partial charge in [-0.3, -0.25) is 19.3 Å². The van der Waals surface area contributed by atoms with Crippen LogP contribution in [0.3, 0.4) is 0 Å². The molecule has 1 fully saturated rings. The lowest BCUT2D eigenvalue weighted by Crippen LogP contribution is -2.45. The second-order valence-electron chi connectivity index (χ2n) is 10.00. The summed E-state index contributed by atoms with van der Waals surface area (Å²) < 4.78 is 5.42. The molecule has 180 valence electrons. The molecule has 1 atom stereocenters. The number of benzene rings is 1. The second-order valence-corrected chi connectivity index (χ2v) is 10.00. The molecule has 2 heterocycles. The number of imide groups is 1. The van der Waals surface area contributed by atoms with Crippen LogP contribution in [0, 0.1) is 5.92 Å². The minimum atomic E-state index is -0.557. The summed E-state index contributed by atoms with van der Waals surface area (Å²) >= 11 is 0. The van der Waals surface area contributed by atoms with Crippen LogP contribution in [-0.4, -0.2) is 77.3 Å². The van der Waals surface area contributed by atoms with Gasteiger partial charge in [-0.1, -0.05) is 13.3 Å². The van der Waals surface area contributed by atoms with Gasteiger partial charge in [0, 0.05) is 38.8 Å². The Morgan fingerprint density at radius 1 is 1.15 bits per heavy atom. The predicted octanol–water partition coefficient (Wildman–Crippen LogP) is 3.80. The molecule has 1 unspecified atom stereocenters. The smallest absolute Gasteiger partial charge is 0.410 e. The quantitative estimate of drug-likeness (QED) is 0.607. The molecule has 1 aromatic rings. The van der Waals surface area contributed by atoms with Gasteiger partial charge in [0.15, 0.2) is 0 Å². The van der Waals surface area contributed by atoms with Crippen LogP contribution in [-0.2, 0) is 4.74 Å². The van der Waals surface area contributed by atoms with Crippen LogP contribution < -0.4 is 0 Å². The summed E-state index contributed by atoms with van der Waals surface area (Å²) in [5, 5.41) is 0. The third-order valence-electron chi connectivity index (χ3n) is 6.00. The molecule has 8 nitrogen and oxygen atoms in total. The van der Waals surface area contributed by atoms with Crippen LogP contribution in [0.4, 0.5) is 4.79 Å². The number of carbonyl (C=O) groups is 4. The van der Waals surface area contributed by atoms with E-state index in [4.69, 9.17) is 4.74 Å². The van der Waals surface area contributed by atoms with Crippen molar-refractivity contribution in [2.45, 2.75) is 59.0 Å². The fourth-order valence-corrected chi connectivity index (χ4v) is 4.33. The van der Waals surface area contributed by atoms with Gasteiger partial charge in [0.25, 0.3) is 17.7 Å². The standard InChI is InChI=1S/C25H35N3O5/c1-6-7-13-28-22(30)19-11-10-18(14-20(19)23(28)31)21(29)27-12-8-9-17(16-27)15-26(5)24(32)33-25(2,3)4/h10-11,14,17H,6-9,12-13,15-16H2,1-5H3. The summed E-state index contributed by atoms with van der Waals surface area (Å²) in [7, 11) is 1.71. The molecule has 1 aromatic carbocycles. The highest BCUT2D eigenvalue weighted by Crippen LogP contribution is 2.26. The van der Waals surface area contributed by atoms with Crippen molar-refractivity contribution in [2.75, 3.05) is 33.2 Å². The van der Waals surface area contributed by atoms with Gasteiger partial charge < -0.3 is 14.5 Å². The molecule has 0 saturated carbocycles. The van der Waals surface area contributed by atoms with E-state index in [2.05, 4.69) is 0 Å². The van der Waals surface area contributed by atoms with Crippen LogP contribution in [0.2, 0.25) is 0 Å². The van der Waals surface area contributed by atoms with E-state index in [1.165, 1.54) is 4.90 Å². The van der Waals surface area contributed by atoms with E-state index in [1.807, 2.05) is 27.7 Å². The van der Waals surface area contributed by atoms with Crippen molar-refractivity contribution >= 4 is 23.8 Å². The number of nitrogens with zero attached hydrogens (tertiary/aromatic N) is 3. The van der Waals surface area contributed by atoms with Crippen molar-refractivity contribution in [3.05, 3.63) is 34.9 Å². The molecule has 8 heteroatoms. The van der Waals surface area contributed by atoms with Crippen molar-refractivity contribution in [3.8, 4) is 0 Å². The van der Waals surface area contributed by atoms with Crippen molar-refractivity contribution in [3.63, 3.8) is 0 Å². The third-order valence-corrected chi connectivity index (χ3v) is 6.00. The largest absolute Gasteiger partial charge is 0.444 e. The molecule has 0 bridgehead atoms. The highest BCUT2D eigenvalue weighted by atomic mass is 16.6. The normalized spacial score (nSPS) is 18.4. The van der Waals surface area contributed by atoms with E-state index < -0.39 is 5.60 Å². The highest BCUT2D eigenvalue weighted by Gasteiger charge is 2.36. The Labute approximate surface area is 195 Å². The van der Waals surface area contributed by atoms with Gasteiger partial charge >= 0.3 is 6.09 Å². The Balaban J connectivity index is 1.66. The predicted molar refractivity (Wildman–Crippen MR) is 124 cm³/mol. The van der Waals surface area contributed by atoms with Crippen LogP contribution >= 0.6 is 0 Å². The van der Waals surface area contributed by atoms with E-state index in [0.717, 1.165) is 25.7 Å². The van der Waals surface area contributed by atoms with Crippen molar-refractivity contribution in [2.24, 2.45) is 5.92 Å². The van der Waals surface area contributed by atoms with Crippen LogP contribution in [0.25, 0.3) is 0 Å². The molecular formula is C25H35N3O5. The highest BCUT2D eigenvalue weighted by molar-refractivity contribution is 6.22. The number of ether oxygens (including phenoxy) is 1. The number of hydrogen-bond acceptors (Lipinski definition) is 5. The molecule has 33 heavy (non-hydrogen) atoms. The molecule has 1 saturated heterocycles. The first-order chi connectivity index (χ1) is 15.5. The number of unbranched alkanes of at least 4 members (excludes halogenated alkanes) is 1. The number of fused-ring (bicyclic) bond motifs is 1. The Bertz CT molecular complexity index is 936. The topological polar surface area (TPSA) is 87.2 Å². The van der Waals surface area contributed by atoms with Gasteiger partial charge in [-0.05, 0) is 64.2 Å². The Morgan fingerprint density at radius 3 is 2.52 bits per heavy atom. The molecule has 2 aliphatic heterocycles. The van der Waals surface area contributed by atoms with Gasteiger partial charge in [-0.25, -0.2) is 4.79 Å². The lowest BCUT2D eigenvalue weighted by molar-refractivity contribution is 0.0244. The zero-order valence-electron chi connectivity index (χ0n) is 20.3. The Kier molecular flexibility index (Phi) is 7.44. The fraction of sp³-hybridized carbons (Fsp3) is 0.600. The lowest BCUT2D eigenvalue weighted by Gasteiger charge is -2.35. The maximum Gasteiger partial charge on any atom is 0.410 e. The monoisotopic (exact) mass is 457 g/mol. The number of rotatable bonds is 6.